The fraction of sp³-hybridized carbons (Fsp3) is 0.333. The quantitative estimate of drug-likeness (QED) is 0.640. The highest BCUT2D eigenvalue weighted by atomic mass is 79.9. The summed E-state index contributed by atoms with van der Waals surface area (Å²) >= 11 is 2.98. The molecule has 19 heavy (non-hydrogen) atoms. The molecule has 0 amide bonds. The topological polar surface area (TPSA) is 74.6 Å². The van der Waals surface area contributed by atoms with Gasteiger partial charge in [-0.15, -0.1) is 0 Å². The molecule has 2 unspecified atom stereocenters. The van der Waals surface area contributed by atoms with E-state index in [0.717, 1.165) is 18.2 Å². The molecular formula is C12H11BrF2O4. The van der Waals surface area contributed by atoms with Crippen molar-refractivity contribution in [2.45, 2.75) is 24.3 Å². The number of benzene rings is 1. The van der Waals surface area contributed by atoms with Crippen LogP contribution in [0.5, 0.6) is 0 Å². The number of alkyl halides is 3. The van der Waals surface area contributed by atoms with E-state index in [1.807, 2.05) is 0 Å². The van der Waals surface area contributed by atoms with Crippen LogP contribution in [-0.2, 0) is 4.79 Å². The Hall–Kier alpha value is -1.34. The summed E-state index contributed by atoms with van der Waals surface area (Å²) in [5, 5.41) is 18.0. The minimum atomic E-state index is -2.86. The van der Waals surface area contributed by atoms with Crippen LogP contribution in [-0.4, -0.2) is 26.8 Å². The molecule has 7 heteroatoms. The maximum absolute atomic E-state index is 12.8. The zero-order chi connectivity index (χ0) is 14.7. The standard InChI is InChI=1S/C12H11BrF2O4/c1-5(13)9(16)8-4-6(10(17)12(18)19)2-3-7(8)11(14)15/h2-5,10-11,17H,1H3,(H,18,19). The van der Waals surface area contributed by atoms with Gasteiger partial charge in [0.25, 0.3) is 6.43 Å². The van der Waals surface area contributed by atoms with E-state index < -0.39 is 34.7 Å². The molecule has 0 fully saturated rings. The average molecular weight is 337 g/mol. The Balaban J connectivity index is 3.34. The molecule has 4 nitrogen and oxygen atoms in total. The highest BCUT2D eigenvalue weighted by molar-refractivity contribution is 9.10. The van der Waals surface area contributed by atoms with Gasteiger partial charge < -0.3 is 10.2 Å². The van der Waals surface area contributed by atoms with E-state index >= 15 is 0 Å². The Morgan fingerprint density at radius 3 is 2.32 bits per heavy atom. The van der Waals surface area contributed by atoms with E-state index in [2.05, 4.69) is 15.9 Å². The number of carbonyl (C=O) groups is 2. The van der Waals surface area contributed by atoms with Crippen molar-refractivity contribution in [1.29, 1.82) is 0 Å². The first-order valence-electron chi connectivity index (χ1n) is 5.26. The highest BCUT2D eigenvalue weighted by Crippen LogP contribution is 2.28. The number of carboxylic acid groups (broad SMARTS) is 1. The molecule has 0 spiro atoms. The Morgan fingerprint density at radius 1 is 1.32 bits per heavy atom. The molecule has 104 valence electrons. The van der Waals surface area contributed by atoms with Crippen molar-refractivity contribution in [3.63, 3.8) is 0 Å². The number of aliphatic carboxylic acids is 1. The number of hydrogen-bond acceptors (Lipinski definition) is 3. The summed E-state index contributed by atoms with van der Waals surface area (Å²) in [5.41, 5.74) is -0.900. The fourth-order valence-corrected chi connectivity index (χ4v) is 1.75. The van der Waals surface area contributed by atoms with E-state index in [0.29, 0.717) is 0 Å². The normalized spacial score (nSPS) is 14.2. The van der Waals surface area contributed by atoms with E-state index in [9.17, 15) is 23.5 Å². The van der Waals surface area contributed by atoms with Crippen LogP contribution in [0.15, 0.2) is 18.2 Å². The predicted molar refractivity (Wildman–Crippen MR) is 66.7 cm³/mol. The van der Waals surface area contributed by atoms with Gasteiger partial charge in [0.2, 0.25) is 0 Å². The molecule has 0 bridgehead atoms. The summed E-state index contributed by atoms with van der Waals surface area (Å²) < 4.78 is 25.6. The summed E-state index contributed by atoms with van der Waals surface area (Å²) in [6.07, 6.45) is -4.72. The minimum absolute atomic E-state index is 0.117. The van der Waals surface area contributed by atoms with Gasteiger partial charge in [-0.25, -0.2) is 13.6 Å². The largest absolute Gasteiger partial charge is 0.479 e. The molecule has 0 aliphatic rings. The number of halogens is 3. The van der Waals surface area contributed by atoms with Crippen molar-refractivity contribution in [2.75, 3.05) is 0 Å². The SMILES string of the molecule is CC(Br)C(=O)c1cc(C(O)C(=O)O)ccc1C(F)F. The van der Waals surface area contributed by atoms with Gasteiger partial charge in [0.1, 0.15) is 0 Å². The van der Waals surface area contributed by atoms with Gasteiger partial charge in [0, 0.05) is 11.1 Å². The van der Waals surface area contributed by atoms with Crippen LogP contribution in [0, 0.1) is 0 Å². The van der Waals surface area contributed by atoms with Crippen LogP contribution >= 0.6 is 15.9 Å². The summed E-state index contributed by atoms with van der Waals surface area (Å²) in [6.45, 7) is 1.47. The predicted octanol–water partition coefficient (Wildman–Crippen LogP) is 2.71. The molecule has 0 aromatic heterocycles. The summed E-state index contributed by atoms with van der Waals surface area (Å²) in [7, 11) is 0. The number of Topliss-reactive ketones (excluding diaryl/α,β-unsaturated/α-hetero) is 1. The fourth-order valence-electron chi connectivity index (χ4n) is 1.50. The van der Waals surface area contributed by atoms with Crippen LogP contribution in [0.2, 0.25) is 0 Å². The first-order chi connectivity index (χ1) is 8.75. The third-order valence-corrected chi connectivity index (χ3v) is 2.90. The van der Waals surface area contributed by atoms with E-state index in [1.165, 1.54) is 6.92 Å². The Bertz CT molecular complexity index is 503. The maximum atomic E-state index is 12.8. The molecule has 0 saturated heterocycles. The average Bonchev–Trinajstić information content (AvgIpc) is 2.35. The molecule has 1 aromatic carbocycles. The third-order valence-electron chi connectivity index (χ3n) is 2.49. The Morgan fingerprint density at radius 2 is 1.89 bits per heavy atom. The second-order valence-corrected chi connectivity index (χ2v) is 5.24. The van der Waals surface area contributed by atoms with E-state index in [4.69, 9.17) is 5.11 Å². The van der Waals surface area contributed by atoms with Crippen LogP contribution in [0.4, 0.5) is 8.78 Å². The molecule has 2 atom stereocenters. The first kappa shape index (κ1) is 15.7. The lowest BCUT2D eigenvalue weighted by atomic mass is 9.97. The number of rotatable bonds is 5. The van der Waals surface area contributed by atoms with E-state index in [-0.39, 0.29) is 11.1 Å². The summed E-state index contributed by atoms with van der Waals surface area (Å²) in [5.74, 6) is -2.12. The van der Waals surface area contributed by atoms with Crippen LogP contribution in [0.3, 0.4) is 0 Å². The molecule has 0 heterocycles. The van der Waals surface area contributed by atoms with Gasteiger partial charge in [0.15, 0.2) is 11.9 Å². The smallest absolute Gasteiger partial charge is 0.337 e. The second-order valence-electron chi connectivity index (χ2n) is 3.87. The van der Waals surface area contributed by atoms with Crippen LogP contribution in [0.1, 0.15) is 40.9 Å². The van der Waals surface area contributed by atoms with Gasteiger partial charge in [-0.1, -0.05) is 28.1 Å². The van der Waals surface area contributed by atoms with Crippen molar-refractivity contribution in [3.05, 3.63) is 34.9 Å². The van der Waals surface area contributed by atoms with Crippen LogP contribution < -0.4 is 0 Å². The second kappa shape index (κ2) is 6.21. The number of carboxylic acids is 1. The van der Waals surface area contributed by atoms with Crippen molar-refractivity contribution in [2.24, 2.45) is 0 Å². The molecular weight excluding hydrogens is 326 g/mol. The molecule has 2 N–H and O–H groups in total. The lowest BCUT2D eigenvalue weighted by Gasteiger charge is -2.13. The zero-order valence-corrected chi connectivity index (χ0v) is 11.4. The van der Waals surface area contributed by atoms with Crippen molar-refractivity contribution in [1.82, 2.24) is 0 Å². The van der Waals surface area contributed by atoms with Gasteiger partial charge in [-0.3, -0.25) is 4.79 Å². The summed E-state index contributed by atoms with van der Waals surface area (Å²) in [4.78, 5) is 21.8. The van der Waals surface area contributed by atoms with E-state index in [1.54, 1.807) is 0 Å². The number of aliphatic hydroxyl groups is 1. The van der Waals surface area contributed by atoms with Crippen molar-refractivity contribution < 1.29 is 28.6 Å². The molecule has 1 rings (SSSR count). The van der Waals surface area contributed by atoms with Gasteiger partial charge in [0.05, 0.1) is 4.83 Å². The lowest BCUT2D eigenvalue weighted by Crippen LogP contribution is -2.16. The molecule has 1 aromatic rings. The summed E-state index contributed by atoms with van der Waals surface area (Å²) in [6, 6.07) is 3.01. The van der Waals surface area contributed by atoms with Crippen molar-refractivity contribution in [3.8, 4) is 0 Å². The highest BCUT2D eigenvalue weighted by Gasteiger charge is 2.24. The molecule has 0 radical (unpaired) electrons. The zero-order valence-electron chi connectivity index (χ0n) is 9.81. The lowest BCUT2D eigenvalue weighted by molar-refractivity contribution is -0.146. The maximum Gasteiger partial charge on any atom is 0.337 e. The third kappa shape index (κ3) is 3.57. The first-order valence-corrected chi connectivity index (χ1v) is 6.18. The monoisotopic (exact) mass is 336 g/mol. The molecule has 0 saturated carbocycles. The Labute approximate surface area is 116 Å². The van der Waals surface area contributed by atoms with Crippen LogP contribution in [0.25, 0.3) is 0 Å². The van der Waals surface area contributed by atoms with Gasteiger partial charge >= 0.3 is 5.97 Å². The van der Waals surface area contributed by atoms with Crippen molar-refractivity contribution >= 4 is 27.7 Å². The van der Waals surface area contributed by atoms with Gasteiger partial charge in [-0.05, 0) is 18.6 Å². The molecule has 0 aliphatic carbocycles. The Kier molecular flexibility index (Phi) is 5.13. The number of hydrogen-bond donors (Lipinski definition) is 2. The number of aliphatic hydroxyl groups excluding tert-OH is 1. The van der Waals surface area contributed by atoms with Gasteiger partial charge in [-0.2, -0.15) is 0 Å². The minimum Gasteiger partial charge on any atom is -0.479 e. The number of carbonyl (C=O) groups excluding carboxylic acids is 1. The number of ketones is 1. The molecule has 0 aliphatic heterocycles.